The van der Waals surface area contributed by atoms with Crippen molar-refractivity contribution in [1.82, 2.24) is 9.21 Å². The van der Waals surface area contributed by atoms with E-state index in [-0.39, 0.29) is 42.8 Å². The number of aliphatic hydroxyl groups excluding tert-OH is 1. The molecule has 0 fully saturated rings. The maximum atomic E-state index is 13.5. The van der Waals surface area contributed by atoms with Crippen LogP contribution >= 0.6 is 11.6 Å². The number of urea groups is 1. The summed E-state index contributed by atoms with van der Waals surface area (Å²) in [6, 6.07) is 16.8. The zero-order valence-corrected chi connectivity index (χ0v) is 26.6. The number of fused-ring (bicyclic) bond motifs is 1. The molecule has 1 aliphatic heterocycles. The lowest BCUT2D eigenvalue weighted by atomic mass is 10.0. The van der Waals surface area contributed by atoms with Gasteiger partial charge in [-0.05, 0) is 73.7 Å². The number of aliphatic hydroxyl groups is 1. The van der Waals surface area contributed by atoms with Crippen LogP contribution in [0.3, 0.4) is 0 Å². The number of nitrogens with one attached hydrogen (secondary N) is 2. The number of likely N-dealkylation sites (N-methyl/N-ethyl adjacent to an activating group) is 1. The second-order valence-corrected chi connectivity index (χ2v) is 13.2. The number of halogens is 1. The Bertz CT molecular complexity index is 1570. The number of hydrogen-bond donors (Lipinski definition) is 3. The highest BCUT2D eigenvalue weighted by atomic mass is 35.5. The van der Waals surface area contributed by atoms with Crippen molar-refractivity contribution < 1.29 is 32.6 Å². The van der Waals surface area contributed by atoms with Crippen LogP contribution < -0.4 is 20.1 Å². The number of carbonyl (C=O) groups is 2. The maximum Gasteiger partial charge on any atom is 0.323 e. The zero-order chi connectivity index (χ0) is 32.0. The van der Waals surface area contributed by atoms with Crippen LogP contribution in [0.1, 0.15) is 19.4 Å². The van der Waals surface area contributed by atoms with E-state index in [0.29, 0.717) is 33.5 Å². The third kappa shape index (κ3) is 8.00. The number of methoxy groups -OCH3 is 1. The molecule has 11 nitrogen and oxygen atoms in total. The first kappa shape index (κ1) is 33.1. The molecule has 3 N–H and O–H groups in total. The highest BCUT2D eigenvalue weighted by Crippen LogP contribution is 2.30. The number of anilines is 2. The zero-order valence-electron chi connectivity index (χ0n) is 25.0. The fourth-order valence-electron chi connectivity index (χ4n) is 4.83. The lowest BCUT2D eigenvalue weighted by Crippen LogP contribution is -2.48. The first-order valence-electron chi connectivity index (χ1n) is 14.0. The lowest BCUT2D eigenvalue weighted by Gasteiger charge is -2.33. The standard InChI is InChI=1S/C31H37ClN4O7S/c1-20-17-36(21(2)19-37)30(38)16-22-15-25(34-31(39)33-24-7-10-26(42-4)11-8-24)9-14-28(22)43-29(20)18-35(3)44(40,41)27-12-5-23(32)6-13-27/h5-15,20-21,29,37H,16-19H2,1-4H3,(H2,33,34,39)/t20-,21+,29-/m1/s1. The van der Waals surface area contributed by atoms with Gasteiger partial charge in [0, 0.05) is 41.5 Å². The third-order valence-corrected chi connectivity index (χ3v) is 9.57. The second-order valence-electron chi connectivity index (χ2n) is 10.8. The van der Waals surface area contributed by atoms with Crippen LogP contribution in [0.4, 0.5) is 16.2 Å². The molecule has 3 aromatic carbocycles. The fraction of sp³-hybridized carbons (Fsp3) is 0.355. The van der Waals surface area contributed by atoms with E-state index in [2.05, 4.69) is 10.6 Å². The predicted molar refractivity (Wildman–Crippen MR) is 169 cm³/mol. The van der Waals surface area contributed by atoms with Gasteiger partial charge >= 0.3 is 6.03 Å². The molecule has 0 aromatic heterocycles. The van der Waals surface area contributed by atoms with Crippen molar-refractivity contribution in [2.24, 2.45) is 5.92 Å². The molecular weight excluding hydrogens is 608 g/mol. The van der Waals surface area contributed by atoms with Crippen molar-refractivity contribution in [3.63, 3.8) is 0 Å². The Kier molecular flexibility index (Phi) is 10.7. The van der Waals surface area contributed by atoms with E-state index in [1.807, 2.05) is 6.92 Å². The molecular formula is C31H37ClN4O7S. The Morgan fingerprint density at radius 3 is 2.39 bits per heavy atom. The minimum atomic E-state index is -3.87. The molecule has 1 heterocycles. The average Bonchev–Trinajstić information content (AvgIpc) is 3.04. The largest absolute Gasteiger partial charge is 0.497 e. The van der Waals surface area contributed by atoms with E-state index in [4.69, 9.17) is 21.1 Å². The topological polar surface area (TPSA) is 138 Å². The van der Waals surface area contributed by atoms with E-state index in [9.17, 15) is 23.1 Å². The van der Waals surface area contributed by atoms with Gasteiger partial charge in [0.05, 0.1) is 37.6 Å². The van der Waals surface area contributed by atoms with Gasteiger partial charge in [-0.25, -0.2) is 13.2 Å². The van der Waals surface area contributed by atoms with Gasteiger partial charge in [0.15, 0.2) is 0 Å². The average molecular weight is 645 g/mol. The highest BCUT2D eigenvalue weighted by molar-refractivity contribution is 7.89. The normalized spacial score (nSPS) is 17.9. The third-order valence-electron chi connectivity index (χ3n) is 7.48. The number of benzene rings is 3. The van der Waals surface area contributed by atoms with Crippen molar-refractivity contribution in [2.45, 2.75) is 37.3 Å². The van der Waals surface area contributed by atoms with Gasteiger partial charge in [0.25, 0.3) is 0 Å². The number of sulfonamides is 1. The summed E-state index contributed by atoms with van der Waals surface area (Å²) in [7, 11) is -0.840. The minimum absolute atomic E-state index is 0.00856. The van der Waals surface area contributed by atoms with E-state index in [1.54, 1.807) is 61.4 Å². The Balaban J connectivity index is 1.60. The SMILES string of the molecule is COc1ccc(NC(=O)Nc2ccc3c(c2)CC(=O)N([C@@H](C)CO)C[C@@H](C)[C@@H](CN(C)S(=O)(=O)c2ccc(Cl)cc2)O3)cc1. The van der Waals surface area contributed by atoms with Crippen LogP contribution in [0.2, 0.25) is 5.02 Å². The molecule has 13 heteroatoms. The monoisotopic (exact) mass is 644 g/mol. The molecule has 236 valence electrons. The van der Waals surface area contributed by atoms with Gasteiger partial charge in [0.1, 0.15) is 17.6 Å². The Morgan fingerprint density at radius 1 is 1.11 bits per heavy atom. The molecule has 3 aromatic rings. The van der Waals surface area contributed by atoms with Crippen LogP contribution in [-0.4, -0.2) is 80.7 Å². The molecule has 0 unspecified atom stereocenters. The number of hydrogen-bond acceptors (Lipinski definition) is 7. The van der Waals surface area contributed by atoms with Gasteiger partial charge in [-0.2, -0.15) is 4.31 Å². The number of rotatable bonds is 9. The Hall–Kier alpha value is -3.84. The van der Waals surface area contributed by atoms with E-state index in [0.717, 1.165) is 0 Å². The smallest absolute Gasteiger partial charge is 0.323 e. The summed E-state index contributed by atoms with van der Waals surface area (Å²) in [6.45, 7) is 3.61. The molecule has 44 heavy (non-hydrogen) atoms. The summed E-state index contributed by atoms with van der Waals surface area (Å²) >= 11 is 5.95. The Morgan fingerprint density at radius 2 is 1.75 bits per heavy atom. The first-order valence-corrected chi connectivity index (χ1v) is 15.9. The molecule has 0 spiro atoms. The molecule has 3 amide bonds. The maximum absolute atomic E-state index is 13.5. The summed E-state index contributed by atoms with van der Waals surface area (Å²) in [5.41, 5.74) is 1.50. The number of nitrogens with zero attached hydrogens (tertiary/aromatic N) is 2. The molecule has 0 saturated heterocycles. The molecule has 0 saturated carbocycles. The summed E-state index contributed by atoms with van der Waals surface area (Å²) in [6.07, 6.45) is -0.703. The van der Waals surface area contributed by atoms with Crippen LogP contribution in [0, 0.1) is 5.92 Å². The predicted octanol–water partition coefficient (Wildman–Crippen LogP) is 4.46. The molecule has 4 rings (SSSR count). The van der Waals surface area contributed by atoms with E-state index in [1.165, 1.54) is 35.6 Å². The van der Waals surface area contributed by atoms with Crippen LogP contribution in [0.25, 0.3) is 0 Å². The molecule has 3 atom stereocenters. The van der Waals surface area contributed by atoms with Gasteiger partial charge in [-0.1, -0.05) is 18.5 Å². The van der Waals surface area contributed by atoms with Crippen molar-refractivity contribution in [3.05, 3.63) is 77.3 Å². The Labute approximate surface area is 262 Å². The van der Waals surface area contributed by atoms with Crippen LogP contribution in [-0.2, 0) is 21.2 Å². The van der Waals surface area contributed by atoms with Crippen LogP contribution in [0.5, 0.6) is 11.5 Å². The summed E-state index contributed by atoms with van der Waals surface area (Å²) in [5, 5.41) is 15.8. The quantitative estimate of drug-likeness (QED) is 0.313. The van der Waals surface area contributed by atoms with Crippen molar-refractivity contribution in [3.8, 4) is 11.5 Å². The second kappa shape index (κ2) is 14.3. The van der Waals surface area contributed by atoms with Crippen molar-refractivity contribution >= 4 is 44.9 Å². The molecule has 0 radical (unpaired) electrons. The van der Waals surface area contributed by atoms with Gasteiger partial charge in [0.2, 0.25) is 15.9 Å². The van der Waals surface area contributed by atoms with Crippen molar-refractivity contribution in [1.29, 1.82) is 0 Å². The van der Waals surface area contributed by atoms with Gasteiger partial charge < -0.3 is 30.1 Å². The fourth-order valence-corrected chi connectivity index (χ4v) is 6.14. The minimum Gasteiger partial charge on any atom is -0.497 e. The van der Waals surface area contributed by atoms with Crippen LogP contribution in [0.15, 0.2) is 71.6 Å². The van der Waals surface area contributed by atoms with Crippen molar-refractivity contribution in [2.75, 3.05) is 44.5 Å². The first-order chi connectivity index (χ1) is 20.9. The number of carbonyl (C=O) groups excluding carboxylic acids is 2. The summed E-state index contributed by atoms with van der Waals surface area (Å²) < 4.78 is 39.5. The number of ether oxygens (including phenoxy) is 2. The number of amides is 3. The summed E-state index contributed by atoms with van der Waals surface area (Å²) in [4.78, 5) is 27.9. The summed E-state index contributed by atoms with van der Waals surface area (Å²) in [5.74, 6) is 0.511. The molecule has 0 bridgehead atoms. The lowest BCUT2D eigenvalue weighted by molar-refractivity contribution is -0.134. The van der Waals surface area contributed by atoms with E-state index < -0.39 is 28.2 Å². The highest BCUT2D eigenvalue weighted by Gasteiger charge is 2.33. The van der Waals surface area contributed by atoms with E-state index >= 15 is 0 Å². The molecule has 0 aliphatic carbocycles. The van der Waals surface area contributed by atoms with Gasteiger partial charge in [-0.15, -0.1) is 0 Å². The van der Waals surface area contributed by atoms with Gasteiger partial charge in [-0.3, -0.25) is 4.79 Å². The molecule has 1 aliphatic rings.